The summed E-state index contributed by atoms with van der Waals surface area (Å²) in [6, 6.07) is 12.6. The Balaban J connectivity index is 1.77. The zero-order valence-electron chi connectivity index (χ0n) is 13.7. The van der Waals surface area contributed by atoms with E-state index in [-0.39, 0.29) is 12.6 Å². The predicted molar refractivity (Wildman–Crippen MR) is 113 cm³/mol. The van der Waals surface area contributed by atoms with Gasteiger partial charge in [0.1, 0.15) is 10.1 Å². The van der Waals surface area contributed by atoms with Crippen molar-refractivity contribution in [1.82, 2.24) is 4.90 Å². The van der Waals surface area contributed by atoms with Gasteiger partial charge in [0.2, 0.25) is 0 Å². The van der Waals surface area contributed by atoms with Crippen molar-refractivity contribution >= 4 is 69.2 Å². The molecule has 0 bridgehead atoms. The van der Waals surface area contributed by atoms with Crippen LogP contribution < -0.4 is 10.1 Å². The second kappa shape index (κ2) is 8.31. The number of amides is 1. The maximum absolute atomic E-state index is 12.7. The van der Waals surface area contributed by atoms with Crippen LogP contribution in [0.1, 0.15) is 5.56 Å². The minimum absolute atomic E-state index is 0.170. The highest BCUT2D eigenvalue weighted by Gasteiger charge is 2.32. The SMILES string of the molecule is COc1ccccc1/C=C1\SC(=S)N(CNc2cc(Cl)ccc2Cl)C1=O. The van der Waals surface area contributed by atoms with Crippen molar-refractivity contribution in [2.45, 2.75) is 0 Å². The highest BCUT2D eigenvalue weighted by Crippen LogP contribution is 2.34. The molecule has 1 aliphatic rings. The summed E-state index contributed by atoms with van der Waals surface area (Å²) in [7, 11) is 1.59. The van der Waals surface area contributed by atoms with Gasteiger partial charge in [0, 0.05) is 10.6 Å². The summed E-state index contributed by atoms with van der Waals surface area (Å²) < 4.78 is 5.80. The standard InChI is InChI=1S/C18H14Cl2N2O2S2/c1-24-15-5-3-2-4-11(15)8-16-17(23)22(18(25)26-16)10-21-14-9-12(19)6-7-13(14)20/h2-9,21H,10H2,1H3/b16-8-. The van der Waals surface area contributed by atoms with Crippen molar-refractivity contribution in [2.24, 2.45) is 0 Å². The van der Waals surface area contributed by atoms with Crippen LogP contribution in [0.15, 0.2) is 47.4 Å². The lowest BCUT2D eigenvalue weighted by Crippen LogP contribution is -2.33. The number of carbonyl (C=O) groups excluding carboxylic acids is 1. The molecule has 1 fully saturated rings. The molecule has 0 radical (unpaired) electrons. The fourth-order valence-corrected chi connectivity index (χ4v) is 3.96. The van der Waals surface area contributed by atoms with Crippen molar-refractivity contribution in [2.75, 3.05) is 19.1 Å². The van der Waals surface area contributed by atoms with Crippen LogP contribution in [-0.2, 0) is 4.79 Å². The summed E-state index contributed by atoms with van der Waals surface area (Å²) in [6.45, 7) is 0.202. The van der Waals surface area contributed by atoms with Crippen LogP contribution in [0.3, 0.4) is 0 Å². The second-order valence-electron chi connectivity index (χ2n) is 5.31. The van der Waals surface area contributed by atoms with Gasteiger partial charge in [-0.2, -0.15) is 0 Å². The minimum atomic E-state index is -0.170. The fourth-order valence-electron chi connectivity index (χ4n) is 2.36. The van der Waals surface area contributed by atoms with Gasteiger partial charge in [-0.3, -0.25) is 9.69 Å². The lowest BCUT2D eigenvalue weighted by Gasteiger charge is -2.17. The molecule has 134 valence electrons. The third-order valence-electron chi connectivity index (χ3n) is 3.66. The van der Waals surface area contributed by atoms with E-state index in [1.807, 2.05) is 24.3 Å². The monoisotopic (exact) mass is 424 g/mol. The summed E-state index contributed by atoms with van der Waals surface area (Å²) in [5, 5.41) is 4.17. The van der Waals surface area contributed by atoms with E-state index in [1.54, 1.807) is 31.4 Å². The van der Waals surface area contributed by atoms with Crippen LogP contribution in [0, 0.1) is 0 Å². The molecule has 0 aromatic heterocycles. The van der Waals surface area contributed by atoms with E-state index >= 15 is 0 Å². The van der Waals surface area contributed by atoms with Gasteiger partial charge in [-0.15, -0.1) is 0 Å². The van der Waals surface area contributed by atoms with E-state index in [4.69, 9.17) is 40.2 Å². The predicted octanol–water partition coefficient (Wildman–Crippen LogP) is 5.27. The summed E-state index contributed by atoms with van der Waals surface area (Å²) in [4.78, 5) is 14.7. The van der Waals surface area contributed by atoms with Gasteiger partial charge in [0.05, 0.1) is 29.4 Å². The van der Waals surface area contributed by atoms with Crippen molar-refractivity contribution < 1.29 is 9.53 Å². The summed E-state index contributed by atoms with van der Waals surface area (Å²) in [6.07, 6.45) is 1.78. The number of thiocarbonyl (C=S) groups is 1. The van der Waals surface area contributed by atoms with Gasteiger partial charge in [-0.05, 0) is 30.3 Å². The molecule has 0 unspecified atom stereocenters. The average molecular weight is 425 g/mol. The Morgan fingerprint density at radius 2 is 2.04 bits per heavy atom. The molecule has 3 rings (SSSR count). The van der Waals surface area contributed by atoms with E-state index < -0.39 is 0 Å². The molecule has 0 aliphatic carbocycles. The zero-order valence-corrected chi connectivity index (χ0v) is 16.8. The first-order valence-electron chi connectivity index (χ1n) is 7.57. The molecule has 1 saturated heterocycles. The number of methoxy groups -OCH3 is 1. The Morgan fingerprint density at radius 3 is 2.81 bits per heavy atom. The van der Waals surface area contributed by atoms with Gasteiger partial charge < -0.3 is 10.1 Å². The summed E-state index contributed by atoms with van der Waals surface area (Å²) in [5.74, 6) is 0.526. The Kier molecular flexibility index (Phi) is 6.09. The largest absolute Gasteiger partial charge is 0.496 e. The van der Waals surface area contributed by atoms with Gasteiger partial charge in [0.25, 0.3) is 5.91 Å². The highest BCUT2D eigenvalue weighted by molar-refractivity contribution is 8.26. The summed E-state index contributed by atoms with van der Waals surface area (Å²) in [5.41, 5.74) is 1.46. The molecular weight excluding hydrogens is 411 g/mol. The number of hydrogen-bond donors (Lipinski definition) is 1. The molecule has 1 aliphatic heterocycles. The molecular formula is C18H14Cl2N2O2S2. The fraction of sp³-hybridized carbons (Fsp3) is 0.111. The molecule has 0 spiro atoms. The van der Waals surface area contributed by atoms with Crippen LogP contribution in [0.4, 0.5) is 5.69 Å². The number of thioether (sulfide) groups is 1. The smallest absolute Gasteiger partial charge is 0.267 e. The number of hydrogen-bond acceptors (Lipinski definition) is 5. The molecule has 0 saturated carbocycles. The van der Waals surface area contributed by atoms with Crippen LogP contribution in [0.5, 0.6) is 5.75 Å². The van der Waals surface area contributed by atoms with E-state index in [2.05, 4.69) is 5.32 Å². The molecule has 1 N–H and O–H groups in total. The lowest BCUT2D eigenvalue weighted by molar-refractivity contribution is -0.121. The number of para-hydroxylation sites is 1. The first-order chi connectivity index (χ1) is 12.5. The first-order valence-corrected chi connectivity index (χ1v) is 9.55. The molecule has 2 aromatic carbocycles. The van der Waals surface area contributed by atoms with Crippen molar-refractivity contribution in [3.05, 3.63) is 63.0 Å². The quantitative estimate of drug-likeness (QED) is 0.522. The number of halogens is 2. The minimum Gasteiger partial charge on any atom is -0.496 e. The van der Waals surface area contributed by atoms with Gasteiger partial charge in [-0.1, -0.05) is 65.4 Å². The maximum Gasteiger partial charge on any atom is 0.267 e. The van der Waals surface area contributed by atoms with Crippen molar-refractivity contribution in [1.29, 1.82) is 0 Å². The Morgan fingerprint density at radius 1 is 1.27 bits per heavy atom. The summed E-state index contributed by atoms with van der Waals surface area (Å²) >= 11 is 18.7. The first kappa shape index (κ1) is 19.0. The van der Waals surface area contributed by atoms with Crippen LogP contribution >= 0.6 is 47.2 Å². The molecule has 4 nitrogen and oxygen atoms in total. The Bertz CT molecular complexity index is 903. The van der Waals surface area contributed by atoms with Crippen LogP contribution in [0.2, 0.25) is 10.0 Å². The van der Waals surface area contributed by atoms with Gasteiger partial charge >= 0.3 is 0 Å². The van der Waals surface area contributed by atoms with Gasteiger partial charge in [-0.25, -0.2) is 0 Å². The Labute approximate surface area is 171 Å². The Hall–Kier alpha value is -1.73. The zero-order chi connectivity index (χ0) is 18.7. The average Bonchev–Trinajstić information content (AvgIpc) is 2.89. The molecule has 1 heterocycles. The second-order valence-corrected chi connectivity index (χ2v) is 7.83. The van der Waals surface area contributed by atoms with Crippen molar-refractivity contribution in [3.63, 3.8) is 0 Å². The molecule has 0 atom stereocenters. The number of benzene rings is 2. The molecule has 1 amide bonds. The third-order valence-corrected chi connectivity index (χ3v) is 5.60. The third kappa shape index (κ3) is 4.15. The van der Waals surface area contributed by atoms with E-state index in [0.29, 0.717) is 30.7 Å². The maximum atomic E-state index is 12.7. The number of rotatable bonds is 5. The van der Waals surface area contributed by atoms with E-state index in [0.717, 1.165) is 5.56 Å². The number of nitrogens with one attached hydrogen (secondary N) is 1. The normalized spacial score (nSPS) is 15.7. The highest BCUT2D eigenvalue weighted by atomic mass is 35.5. The van der Waals surface area contributed by atoms with Gasteiger partial charge in [0.15, 0.2) is 0 Å². The van der Waals surface area contributed by atoms with E-state index in [1.165, 1.54) is 16.7 Å². The van der Waals surface area contributed by atoms with Crippen LogP contribution in [0.25, 0.3) is 6.08 Å². The molecule has 8 heteroatoms. The number of nitrogens with zero attached hydrogens (tertiary/aromatic N) is 1. The number of anilines is 1. The van der Waals surface area contributed by atoms with Crippen molar-refractivity contribution in [3.8, 4) is 5.75 Å². The topological polar surface area (TPSA) is 41.6 Å². The number of carbonyl (C=O) groups is 1. The molecule has 2 aromatic rings. The number of ether oxygens (including phenoxy) is 1. The molecule has 26 heavy (non-hydrogen) atoms. The van der Waals surface area contributed by atoms with E-state index in [9.17, 15) is 4.79 Å². The van der Waals surface area contributed by atoms with Crippen LogP contribution in [-0.4, -0.2) is 28.9 Å². The lowest BCUT2D eigenvalue weighted by atomic mass is 10.2.